The highest BCUT2D eigenvalue weighted by Gasteiger charge is 2.33. The van der Waals surface area contributed by atoms with Gasteiger partial charge in [0.25, 0.3) is 0 Å². The molecule has 1 N–H and O–H groups in total. The Morgan fingerprint density at radius 3 is 2.61 bits per heavy atom. The Morgan fingerprint density at radius 1 is 1.18 bits per heavy atom. The van der Waals surface area contributed by atoms with Gasteiger partial charge in [-0.3, -0.25) is 0 Å². The van der Waals surface area contributed by atoms with Crippen LogP contribution in [0.25, 0.3) is 16.7 Å². The average Bonchev–Trinajstić information content (AvgIpc) is 2.60. The molecule has 2 aromatic carbocycles. The molecule has 0 aliphatic carbocycles. The smallest absolute Gasteiger partial charge is 0.345 e. The standard InChI is InChI=1S/C24H28O4/c1-6-7-8-9-17-13-20(25)22(23-21(17)24(26)28-16(5)27-23)19-12-15(4)10-11-18(19)14(2)3/h10-13,16,25H,2,6-9H2,1,3-5H3. The third-order valence-electron chi connectivity index (χ3n) is 5.06. The van der Waals surface area contributed by atoms with Gasteiger partial charge in [0.15, 0.2) is 0 Å². The van der Waals surface area contributed by atoms with E-state index in [0.29, 0.717) is 23.3 Å². The number of rotatable bonds is 6. The molecular weight excluding hydrogens is 352 g/mol. The number of esters is 1. The van der Waals surface area contributed by atoms with Gasteiger partial charge in [-0.05, 0) is 49.4 Å². The van der Waals surface area contributed by atoms with Gasteiger partial charge in [0.1, 0.15) is 17.1 Å². The number of carbonyl (C=O) groups is 1. The monoisotopic (exact) mass is 380 g/mol. The van der Waals surface area contributed by atoms with Gasteiger partial charge in [0.2, 0.25) is 6.29 Å². The van der Waals surface area contributed by atoms with Gasteiger partial charge in [-0.25, -0.2) is 4.79 Å². The van der Waals surface area contributed by atoms with Gasteiger partial charge in [-0.2, -0.15) is 0 Å². The van der Waals surface area contributed by atoms with E-state index in [9.17, 15) is 9.90 Å². The van der Waals surface area contributed by atoms with E-state index in [4.69, 9.17) is 9.47 Å². The van der Waals surface area contributed by atoms with E-state index in [-0.39, 0.29) is 5.75 Å². The number of aromatic hydroxyl groups is 1. The van der Waals surface area contributed by atoms with Gasteiger partial charge < -0.3 is 14.6 Å². The first-order valence-electron chi connectivity index (χ1n) is 9.86. The molecule has 0 fully saturated rings. The summed E-state index contributed by atoms with van der Waals surface area (Å²) < 4.78 is 11.3. The Labute approximate surface area is 166 Å². The molecule has 0 saturated heterocycles. The topological polar surface area (TPSA) is 55.8 Å². The summed E-state index contributed by atoms with van der Waals surface area (Å²) in [5.41, 5.74) is 5.37. The molecule has 1 unspecified atom stereocenters. The molecule has 3 rings (SSSR count). The lowest BCUT2D eigenvalue weighted by atomic mass is 9.88. The number of unbranched alkanes of at least 4 members (excludes halogenated alkanes) is 2. The molecule has 1 heterocycles. The van der Waals surface area contributed by atoms with E-state index < -0.39 is 12.3 Å². The van der Waals surface area contributed by atoms with Crippen LogP contribution >= 0.6 is 0 Å². The number of ether oxygens (including phenoxy) is 2. The molecule has 0 bridgehead atoms. The van der Waals surface area contributed by atoms with Crippen LogP contribution in [0.5, 0.6) is 11.5 Å². The van der Waals surface area contributed by atoms with Crippen molar-refractivity contribution in [3.05, 3.63) is 53.1 Å². The second-order valence-electron chi connectivity index (χ2n) is 7.51. The first kappa shape index (κ1) is 20.0. The average molecular weight is 380 g/mol. The number of phenols is 1. The highest BCUT2D eigenvalue weighted by molar-refractivity contribution is 6.00. The van der Waals surface area contributed by atoms with Crippen LogP contribution in [0, 0.1) is 6.92 Å². The van der Waals surface area contributed by atoms with Crippen molar-refractivity contribution >= 4 is 11.5 Å². The fourth-order valence-corrected chi connectivity index (χ4v) is 3.70. The van der Waals surface area contributed by atoms with Gasteiger partial charge in [-0.15, -0.1) is 0 Å². The zero-order valence-electron chi connectivity index (χ0n) is 17.1. The largest absolute Gasteiger partial charge is 0.507 e. The van der Waals surface area contributed by atoms with Crippen LogP contribution in [-0.2, 0) is 11.2 Å². The van der Waals surface area contributed by atoms with Gasteiger partial charge >= 0.3 is 5.97 Å². The van der Waals surface area contributed by atoms with Crippen molar-refractivity contribution in [2.45, 2.75) is 59.7 Å². The molecule has 0 spiro atoms. The van der Waals surface area contributed by atoms with Crippen LogP contribution in [-0.4, -0.2) is 17.4 Å². The number of hydrogen-bond acceptors (Lipinski definition) is 4. The predicted octanol–water partition coefficient (Wildman–Crippen LogP) is 6.03. The van der Waals surface area contributed by atoms with E-state index in [0.717, 1.165) is 47.1 Å². The molecule has 0 amide bonds. The molecule has 2 aromatic rings. The highest BCUT2D eigenvalue weighted by Crippen LogP contribution is 2.47. The van der Waals surface area contributed by atoms with Crippen molar-refractivity contribution < 1.29 is 19.4 Å². The molecule has 0 saturated carbocycles. The molecule has 1 aliphatic heterocycles. The van der Waals surface area contributed by atoms with Crippen molar-refractivity contribution in [2.75, 3.05) is 0 Å². The second-order valence-corrected chi connectivity index (χ2v) is 7.51. The number of hydrogen-bond donors (Lipinski definition) is 1. The number of allylic oxidation sites excluding steroid dienone is 1. The molecule has 1 aliphatic rings. The number of phenolic OH excluding ortho intramolecular Hbond substituents is 1. The van der Waals surface area contributed by atoms with Gasteiger partial charge in [0.05, 0.1) is 5.56 Å². The van der Waals surface area contributed by atoms with E-state index in [2.05, 4.69) is 13.5 Å². The first-order chi connectivity index (χ1) is 13.3. The fraction of sp³-hybridized carbons (Fsp3) is 0.375. The third-order valence-corrected chi connectivity index (χ3v) is 5.06. The normalized spacial score (nSPS) is 15.6. The summed E-state index contributed by atoms with van der Waals surface area (Å²) in [6, 6.07) is 7.67. The Hall–Kier alpha value is -2.75. The number of cyclic esters (lactones) is 1. The summed E-state index contributed by atoms with van der Waals surface area (Å²) >= 11 is 0. The summed E-state index contributed by atoms with van der Waals surface area (Å²) in [4.78, 5) is 12.7. The third kappa shape index (κ3) is 3.77. The minimum absolute atomic E-state index is 0.111. The Bertz CT molecular complexity index is 927. The molecular formula is C24H28O4. The molecule has 148 valence electrons. The highest BCUT2D eigenvalue weighted by atomic mass is 16.7. The zero-order chi connectivity index (χ0) is 20.4. The SMILES string of the molecule is C=C(C)c1ccc(C)cc1-c1c(O)cc(CCCCC)c2c1OC(C)OC2=O. The van der Waals surface area contributed by atoms with Crippen LogP contribution in [0.3, 0.4) is 0 Å². The summed E-state index contributed by atoms with van der Waals surface area (Å²) in [6.45, 7) is 11.8. The molecule has 0 radical (unpaired) electrons. The quantitative estimate of drug-likeness (QED) is 0.491. The van der Waals surface area contributed by atoms with Crippen LogP contribution in [0.2, 0.25) is 0 Å². The van der Waals surface area contributed by atoms with E-state index in [1.165, 1.54) is 0 Å². The number of carbonyl (C=O) groups excluding carboxylic acids is 1. The first-order valence-corrected chi connectivity index (χ1v) is 9.86. The maximum Gasteiger partial charge on any atom is 0.345 e. The predicted molar refractivity (Wildman–Crippen MR) is 112 cm³/mol. The summed E-state index contributed by atoms with van der Waals surface area (Å²) in [6.07, 6.45) is 3.06. The molecule has 0 aromatic heterocycles. The van der Waals surface area contributed by atoms with Crippen LogP contribution < -0.4 is 4.74 Å². The zero-order valence-corrected chi connectivity index (χ0v) is 17.1. The molecule has 4 nitrogen and oxygen atoms in total. The molecule has 28 heavy (non-hydrogen) atoms. The maximum atomic E-state index is 12.7. The number of benzene rings is 2. The number of aryl methyl sites for hydroxylation is 2. The van der Waals surface area contributed by atoms with E-state index in [1.807, 2.05) is 32.0 Å². The lowest BCUT2D eigenvalue weighted by molar-refractivity contribution is -0.0488. The van der Waals surface area contributed by atoms with Crippen molar-refractivity contribution in [3.8, 4) is 22.6 Å². The summed E-state index contributed by atoms with van der Waals surface area (Å²) in [7, 11) is 0. The van der Waals surface area contributed by atoms with Crippen LogP contribution in [0.1, 0.15) is 67.1 Å². The number of fused-ring (bicyclic) bond motifs is 1. The Kier molecular flexibility index (Phi) is 5.78. The molecule has 1 atom stereocenters. The minimum atomic E-state index is -0.706. The van der Waals surface area contributed by atoms with Crippen molar-refractivity contribution in [2.24, 2.45) is 0 Å². The van der Waals surface area contributed by atoms with Crippen LogP contribution in [0.4, 0.5) is 0 Å². The lowest BCUT2D eigenvalue weighted by Crippen LogP contribution is -2.28. The van der Waals surface area contributed by atoms with Crippen molar-refractivity contribution in [3.63, 3.8) is 0 Å². The van der Waals surface area contributed by atoms with E-state index >= 15 is 0 Å². The van der Waals surface area contributed by atoms with E-state index in [1.54, 1.807) is 13.0 Å². The fourth-order valence-electron chi connectivity index (χ4n) is 3.70. The van der Waals surface area contributed by atoms with Crippen molar-refractivity contribution in [1.82, 2.24) is 0 Å². The summed E-state index contributed by atoms with van der Waals surface area (Å²) in [5.74, 6) is 0.120. The van der Waals surface area contributed by atoms with Crippen molar-refractivity contribution in [1.29, 1.82) is 0 Å². The Morgan fingerprint density at radius 2 is 1.93 bits per heavy atom. The Balaban J connectivity index is 2.26. The van der Waals surface area contributed by atoms with Gasteiger partial charge in [-0.1, -0.05) is 55.7 Å². The van der Waals surface area contributed by atoms with Gasteiger partial charge in [0, 0.05) is 6.92 Å². The second kappa shape index (κ2) is 8.09. The maximum absolute atomic E-state index is 12.7. The van der Waals surface area contributed by atoms with Crippen LogP contribution in [0.15, 0.2) is 30.8 Å². The molecule has 4 heteroatoms. The lowest BCUT2D eigenvalue weighted by Gasteiger charge is -2.28. The minimum Gasteiger partial charge on any atom is -0.507 e. The summed E-state index contributed by atoms with van der Waals surface area (Å²) in [5, 5.41) is 11.0.